The van der Waals surface area contributed by atoms with Gasteiger partial charge < -0.3 is 11.1 Å². The molecule has 2 aromatic rings. The lowest BCUT2D eigenvalue weighted by atomic mass is 9.95. The van der Waals surface area contributed by atoms with Crippen LogP contribution in [0.2, 0.25) is 0 Å². The summed E-state index contributed by atoms with van der Waals surface area (Å²) in [5.74, 6) is 0.771. The summed E-state index contributed by atoms with van der Waals surface area (Å²) < 4.78 is 0. The summed E-state index contributed by atoms with van der Waals surface area (Å²) in [4.78, 5) is 22.2. The first-order valence-corrected chi connectivity index (χ1v) is 9.42. The zero-order valence-electron chi connectivity index (χ0n) is 13.6. The van der Waals surface area contributed by atoms with E-state index in [0.29, 0.717) is 16.0 Å². The first-order valence-electron chi connectivity index (χ1n) is 7.72. The molecule has 1 aliphatic heterocycles. The number of rotatable bonds is 3. The lowest BCUT2D eigenvalue weighted by molar-refractivity contribution is 0.604. The van der Waals surface area contributed by atoms with Gasteiger partial charge in [0.1, 0.15) is 10.7 Å². The molecule has 7 heteroatoms. The van der Waals surface area contributed by atoms with Gasteiger partial charge in [0.25, 0.3) is 5.56 Å². The van der Waals surface area contributed by atoms with E-state index >= 15 is 0 Å². The second kappa shape index (κ2) is 6.20. The number of nitrogens with one attached hydrogen (secondary N) is 2. The highest BCUT2D eigenvalue weighted by atomic mass is 32.2. The number of anilines is 2. The van der Waals surface area contributed by atoms with Gasteiger partial charge in [-0.1, -0.05) is 20.8 Å². The van der Waals surface area contributed by atoms with Crippen molar-refractivity contribution in [3.05, 3.63) is 32.2 Å². The number of aryl methyl sites for hydroxylation is 1. The number of hydrogen-bond donors (Lipinski definition) is 3. The van der Waals surface area contributed by atoms with E-state index in [4.69, 9.17) is 5.73 Å². The maximum atomic E-state index is 12.0. The number of nitrogen functional groups attached to an aromatic ring is 1. The third kappa shape index (κ3) is 3.72. The SMILES string of the molecule is CC(C)(C)c1ccc(CC[C@H]2CNc3nc(N)[nH]c(=O)c3S2)s1. The summed E-state index contributed by atoms with van der Waals surface area (Å²) in [6.07, 6.45) is 2.07. The van der Waals surface area contributed by atoms with Crippen LogP contribution in [0.1, 0.15) is 36.9 Å². The number of fused-ring (bicyclic) bond motifs is 1. The summed E-state index contributed by atoms with van der Waals surface area (Å²) in [5, 5.41) is 3.60. The summed E-state index contributed by atoms with van der Waals surface area (Å²) in [7, 11) is 0. The fourth-order valence-corrected chi connectivity index (χ4v) is 4.71. The third-order valence-electron chi connectivity index (χ3n) is 3.79. The van der Waals surface area contributed by atoms with Crippen LogP contribution in [-0.4, -0.2) is 21.8 Å². The highest BCUT2D eigenvalue weighted by Crippen LogP contribution is 2.34. The Morgan fingerprint density at radius 2 is 2.17 bits per heavy atom. The minimum Gasteiger partial charge on any atom is -0.369 e. The van der Waals surface area contributed by atoms with E-state index in [9.17, 15) is 4.79 Å². The third-order valence-corrected chi connectivity index (χ3v) is 6.71. The Bertz CT molecular complexity index is 760. The Morgan fingerprint density at radius 1 is 1.39 bits per heavy atom. The molecular weight excluding hydrogens is 328 g/mol. The van der Waals surface area contributed by atoms with Gasteiger partial charge in [0.15, 0.2) is 0 Å². The van der Waals surface area contributed by atoms with E-state index in [2.05, 4.69) is 48.2 Å². The molecule has 0 spiro atoms. The Labute approximate surface area is 144 Å². The standard InChI is InChI=1S/C16H22N4OS2/c1-16(2,3)11-7-6-9(22-11)4-5-10-8-18-13-12(23-10)14(21)20-15(17)19-13/h6-7,10H,4-5,8H2,1-3H3,(H4,17,18,19,20,21)/t10-/m0/s1. The molecule has 0 radical (unpaired) electrons. The van der Waals surface area contributed by atoms with Gasteiger partial charge in [-0.25, -0.2) is 0 Å². The van der Waals surface area contributed by atoms with Crippen LogP contribution in [0.4, 0.5) is 11.8 Å². The second-order valence-electron chi connectivity index (χ2n) is 6.80. The molecule has 3 heterocycles. The number of H-pyrrole nitrogens is 1. The summed E-state index contributed by atoms with van der Waals surface area (Å²) in [5.41, 5.74) is 5.63. The normalized spacial score (nSPS) is 17.6. The molecule has 0 saturated heterocycles. The molecular formula is C16H22N4OS2. The number of hydrogen-bond acceptors (Lipinski definition) is 6. The molecule has 1 atom stereocenters. The maximum absolute atomic E-state index is 12.0. The number of aromatic amines is 1. The molecule has 5 nitrogen and oxygen atoms in total. The molecule has 0 fully saturated rings. The van der Waals surface area contributed by atoms with Crippen LogP contribution in [0.25, 0.3) is 0 Å². The van der Waals surface area contributed by atoms with E-state index in [0.717, 1.165) is 19.4 Å². The van der Waals surface area contributed by atoms with Crippen LogP contribution in [0.5, 0.6) is 0 Å². The van der Waals surface area contributed by atoms with Gasteiger partial charge in [-0.05, 0) is 30.4 Å². The van der Waals surface area contributed by atoms with Crippen molar-refractivity contribution in [3.8, 4) is 0 Å². The first kappa shape index (κ1) is 16.4. The Morgan fingerprint density at radius 3 is 2.87 bits per heavy atom. The van der Waals surface area contributed by atoms with Crippen LogP contribution in [0.15, 0.2) is 21.8 Å². The van der Waals surface area contributed by atoms with Crippen LogP contribution >= 0.6 is 23.1 Å². The number of nitrogens with two attached hydrogens (primary N) is 1. The zero-order valence-corrected chi connectivity index (χ0v) is 15.2. The molecule has 0 aromatic carbocycles. The zero-order chi connectivity index (χ0) is 16.6. The predicted molar refractivity (Wildman–Crippen MR) is 98.7 cm³/mol. The molecule has 1 aliphatic rings. The van der Waals surface area contributed by atoms with Gasteiger partial charge in [-0.2, -0.15) is 4.98 Å². The van der Waals surface area contributed by atoms with Gasteiger partial charge in [0.2, 0.25) is 5.95 Å². The smallest absolute Gasteiger partial charge is 0.268 e. The minimum atomic E-state index is -0.152. The van der Waals surface area contributed by atoms with Gasteiger partial charge in [0, 0.05) is 21.5 Å². The Balaban J connectivity index is 1.64. The topological polar surface area (TPSA) is 83.8 Å². The van der Waals surface area contributed by atoms with Gasteiger partial charge >= 0.3 is 0 Å². The summed E-state index contributed by atoms with van der Waals surface area (Å²) in [6, 6.07) is 4.47. The average Bonchev–Trinajstić information content (AvgIpc) is 2.94. The molecule has 0 saturated carbocycles. The van der Waals surface area contributed by atoms with Crippen molar-refractivity contribution < 1.29 is 0 Å². The monoisotopic (exact) mass is 350 g/mol. The highest BCUT2D eigenvalue weighted by Gasteiger charge is 2.23. The molecule has 0 aliphatic carbocycles. The molecule has 0 bridgehead atoms. The van der Waals surface area contributed by atoms with E-state index in [1.807, 2.05) is 11.3 Å². The molecule has 124 valence electrons. The Hall–Kier alpha value is -1.47. The number of nitrogens with zero attached hydrogens (tertiary/aromatic N) is 1. The van der Waals surface area contributed by atoms with E-state index in [1.54, 1.807) is 11.8 Å². The summed E-state index contributed by atoms with van der Waals surface area (Å²) in [6.45, 7) is 7.54. The number of thioether (sulfide) groups is 1. The minimum absolute atomic E-state index is 0.152. The van der Waals surface area contributed by atoms with Crippen molar-refractivity contribution in [3.63, 3.8) is 0 Å². The van der Waals surface area contributed by atoms with Crippen LogP contribution < -0.4 is 16.6 Å². The predicted octanol–water partition coefficient (Wildman–Crippen LogP) is 3.23. The molecule has 4 N–H and O–H groups in total. The van der Waals surface area contributed by atoms with Crippen molar-refractivity contribution in [2.75, 3.05) is 17.6 Å². The van der Waals surface area contributed by atoms with Gasteiger partial charge in [0.05, 0.1) is 0 Å². The Kier molecular flexibility index (Phi) is 4.42. The number of thiophene rings is 1. The van der Waals surface area contributed by atoms with Crippen LogP contribution in [0, 0.1) is 0 Å². The van der Waals surface area contributed by atoms with Crippen molar-refractivity contribution in [2.45, 2.75) is 49.2 Å². The van der Waals surface area contributed by atoms with Crippen molar-refractivity contribution in [2.24, 2.45) is 0 Å². The lowest BCUT2D eigenvalue weighted by Crippen LogP contribution is -2.28. The second-order valence-corrected chi connectivity index (χ2v) is 9.28. The maximum Gasteiger partial charge on any atom is 0.268 e. The fourth-order valence-electron chi connectivity index (χ4n) is 2.51. The van der Waals surface area contributed by atoms with Crippen molar-refractivity contribution in [1.29, 1.82) is 0 Å². The largest absolute Gasteiger partial charge is 0.369 e. The van der Waals surface area contributed by atoms with Gasteiger partial charge in [-0.3, -0.25) is 9.78 Å². The molecule has 2 aromatic heterocycles. The molecule has 23 heavy (non-hydrogen) atoms. The lowest BCUT2D eigenvalue weighted by Gasteiger charge is -2.23. The fraction of sp³-hybridized carbons (Fsp3) is 0.500. The van der Waals surface area contributed by atoms with E-state index in [1.165, 1.54) is 9.75 Å². The number of aromatic nitrogens is 2. The average molecular weight is 351 g/mol. The first-order chi connectivity index (χ1) is 10.8. The quantitative estimate of drug-likeness (QED) is 0.791. The highest BCUT2D eigenvalue weighted by molar-refractivity contribution is 8.00. The summed E-state index contributed by atoms with van der Waals surface area (Å²) >= 11 is 3.50. The van der Waals surface area contributed by atoms with E-state index < -0.39 is 0 Å². The van der Waals surface area contributed by atoms with Crippen molar-refractivity contribution in [1.82, 2.24) is 9.97 Å². The van der Waals surface area contributed by atoms with Crippen LogP contribution in [0.3, 0.4) is 0 Å². The molecule has 0 unspecified atom stereocenters. The van der Waals surface area contributed by atoms with Gasteiger partial charge in [-0.15, -0.1) is 23.1 Å². The van der Waals surface area contributed by atoms with Crippen LogP contribution in [-0.2, 0) is 11.8 Å². The molecule has 0 amide bonds. The molecule has 3 rings (SSSR count). The van der Waals surface area contributed by atoms with Crippen molar-refractivity contribution >= 4 is 34.9 Å². The van der Waals surface area contributed by atoms with E-state index in [-0.39, 0.29) is 16.9 Å².